The maximum absolute atomic E-state index is 13.1. The van der Waals surface area contributed by atoms with Crippen LogP contribution in [0.3, 0.4) is 0 Å². The highest BCUT2D eigenvalue weighted by Gasteiger charge is 2.15. The summed E-state index contributed by atoms with van der Waals surface area (Å²) in [5, 5.41) is 8.56. The van der Waals surface area contributed by atoms with Gasteiger partial charge in [0.05, 0.1) is 7.11 Å². The fourth-order valence-corrected chi connectivity index (χ4v) is 0.923. The summed E-state index contributed by atoms with van der Waals surface area (Å²) < 4.78 is 17.7. The molecule has 0 aromatic heterocycles. The molecule has 0 radical (unpaired) electrons. The van der Waals surface area contributed by atoms with Gasteiger partial charge in [0.15, 0.2) is 11.6 Å². The van der Waals surface area contributed by atoms with Crippen molar-refractivity contribution in [2.75, 3.05) is 12.8 Å². The molecule has 0 atom stereocenters. The maximum Gasteiger partial charge on any atom is 0.338 e. The zero-order chi connectivity index (χ0) is 10.0. The summed E-state index contributed by atoms with van der Waals surface area (Å²) in [6, 6.07) is 2.27. The molecule has 1 aromatic rings. The average Bonchev–Trinajstić information content (AvgIpc) is 2.08. The molecule has 0 saturated carbocycles. The molecule has 0 heterocycles. The van der Waals surface area contributed by atoms with E-state index in [1.165, 1.54) is 13.2 Å². The van der Waals surface area contributed by atoms with Crippen LogP contribution in [-0.2, 0) is 0 Å². The average molecular weight is 185 g/mol. The van der Waals surface area contributed by atoms with E-state index in [2.05, 4.69) is 4.74 Å². The number of carboxylic acid groups (broad SMARTS) is 1. The molecule has 1 aromatic carbocycles. The zero-order valence-corrected chi connectivity index (χ0v) is 6.87. The number of halogens is 1. The van der Waals surface area contributed by atoms with E-state index in [4.69, 9.17) is 10.8 Å². The summed E-state index contributed by atoms with van der Waals surface area (Å²) in [5.74, 6) is -2.45. The fourth-order valence-electron chi connectivity index (χ4n) is 0.923. The Labute approximate surface area is 73.7 Å². The highest BCUT2D eigenvalue weighted by molar-refractivity contribution is 5.89. The molecular weight excluding hydrogens is 177 g/mol. The van der Waals surface area contributed by atoms with Crippen LogP contribution in [-0.4, -0.2) is 18.2 Å². The van der Waals surface area contributed by atoms with E-state index >= 15 is 0 Å². The lowest BCUT2D eigenvalue weighted by atomic mass is 10.2. The number of nitrogen functional groups attached to an aromatic ring is 1. The molecule has 1 rings (SSSR count). The van der Waals surface area contributed by atoms with E-state index < -0.39 is 17.3 Å². The van der Waals surface area contributed by atoms with Crippen molar-refractivity contribution in [1.29, 1.82) is 0 Å². The van der Waals surface area contributed by atoms with Gasteiger partial charge in [-0.2, -0.15) is 0 Å². The molecule has 0 spiro atoms. The Kier molecular flexibility index (Phi) is 2.36. The number of rotatable bonds is 2. The van der Waals surface area contributed by atoms with Crippen LogP contribution in [0.4, 0.5) is 10.1 Å². The minimum Gasteiger partial charge on any atom is -0.494 e. The van der Waals surface area contributed by atoms with Crippen LogP contribution >= 0.6 is 0 Å². The summed E-state index contributed by atoms with van der Waals surface area (Å²) in [5.41, 5.74) is 4.99. The van der Waals surface area contributed by atoms with E-state index in [1.807, 2.05) is 0 Å². The molecule has 70 valence electrons. The largest absolute Gasteiger partial charge is 0.494 e. The van der Waals surface area contributed by atoms with Crippen LogP contribution in [0, 0.1) is 5.82 Å². The Morgan fingerprint density at radius 1 is 1.62 bits per heavy atom. The lowest BCUT2D eigenvalue weighted by Crippen LogP contribution is -2.04. The number of benzene rings is 1. The van der Waals surface area contributed by atoms with Crippen molar-refractivity contribution in [2.45, 2.75) is 0 Å². The van der Waals surface area contributed by atoms with Gasteiger partial charge in [0, 0.05) is 11.8 Å². The van der Waals surface area contributed by atoms with Crippen LogP contribution in [0.15, 0.2) is 12.1 Å². The number of nitrogens with two attached hydrogens (primary N) is 1. The van der Waals surface area contributed by atoms with Crippen LogP contribution in [0.5, 0.6) is 5.75 Å². The number of hydrogen-bond donors (Lipinski definition) is 2. The van der Waals surface area contributed by atoms with E-state index in [0.717, 1.165) is 6.07 Å². The van der Waals surface area contributed by atoms with Crippen molar-refractivity contribution in [3.8, 4) is 5.75 Å². The molecular formula is C8H8FNO3. The summed E-state index contributed by atoms with van der Waals surface area (Å²) in [6.45, 7) is 0. The molecule has 0 amide bonds. The van der Waals surface area contributed by atoms with E-state index in [0.29, 0.717) is 0 Å². The normalized spacial score (nSPS) is 9.69. The molecule has 0 bridgehead atoms. The first-order valence-electron chi connectivity index (χ1n) is 3.42. The highest BCUT2D eigenvalue weighted by atomic mass is 19.1. The molecule has 0 saturated heterocycles. The summed E-state index contributed by atoms with van der Waals surface area (Å²) in [7, 11) is 1.24. The molecule has 0 unspecified atom stereocenters. The number of hydrogen-bond acceptors (Lipinski definition) is 3. The lowest BCUT2D eigenvalue weighted by Gasteiger charge is -2.05. The standard InChI is InChI=1S/C8H8FNO3/c1-13-6-3-4(10)2-5(7(6)9)8(11)12/h2-3H,10H2,1H3,(H,11,12). The Bertz CT molecular complexity index is 351. The third-order valence-corrected chi connectivity index (χ3v) is 1.51. The van der Waals surface area contributed by atoms with Gasteiger partial charge in [0.2, 0.25) is 0 Å². The lowest BCUT2D eigenvalue weighted by molar-refractivity contribution is 0.0691. The predicted molar refractivity (Wildman–Crippen MR) is 44.3 cm³/mol. The molecule has 0 fully saturated rings. The smallest absolute Gasteiger partial charge is 0.338 e. The Balaban J connectivity index is 3.35. The van der Waals surface area contributed by atoms with Crippen molar-refractivity contribution >= 4 is 11.7 Å². The van der Waals surface area contributed by atoms with Gasteiger partial charge in [-0.1, -0.05) is 0 Å². The number of aromatic carboxylic acids is 1. The Morgan fingerprint density at radius 2 is 2.23 bits per heavy atom. The van der Waals surface area contributed by atoms with Crippen LogP contribution in [0.25, 0.3) is 0 Å². The first-order chi connectivity index (χ1) is 6.06. The summed E-state index contributed by atoms with van der Waals surface area (Å²) in [4.78, 5) is 10.5. The van der Waals surface area contributed by atoms with Crippen molar-refractivity contribution < 1.29 is 19.0 Å². The van der Waals surface area contributed by atoms with Gasteiger partial charge in [0.25, 0.3) is 0 Å². The minimum atomic E-state index is -1.37. The summed E-state index contributed by atoms with van der Waals surface area (Å²) in [6.07, 6.45) is 0. The molecule has 13 heavy (non-hydrogen) atoms. The second-order valence-electron chi connectivity index (χ2n) is 2.39. The van der Waals surface area contributed by atoms with Gasteiger partial charge in [-0.15, -0.1) is 0 Å². The van der Waals surface area contributed by atoms with Gasteiger partial charge < -0.3 is 15.6 Å². The van der Waals surface area contributed by atoms with Crippen LogP contribution in [0.2, 0.25) is 0 Å². The molecule has 4 nitrogen and oxygen atoms in total. The van der Waals surface area contributed by atoms with Gasteiger partial charge >= 0.3 is 5.97 Å². The minimum absolute atomic E-state index is 0.149. The van der Waals surface area contributed by atoms with E-state index in [-0.39, 0.29) is 11.4 Å². The number of ether oxygens (including phenoxy) is 1. The Morgan fingerprint density at radius 3 is 2.69 bits per heavy atom. The van der Waals surface area contributed by atoms with Gasteiger partial charge in [-0.3, -0.25) is 0 Å². The van der Waals surface area contributed by atoms with Gasteiger partial charge in [-0.25, -0.2) is 9.18 Å². The van der Waals surface area contributed by atoms with Crippen molar-refractivity contribution in [2.24, 2.45) is 0 Å². The number of methoxy groups -OCH3 is 1. The topological polar surface area (TPSA) is 72.5 Å². The van der Waals surface area contributed by atoms with Crippen molar-refractivity contribution in [1.82, 2.24) is 0 Å². The second kappa shape index (κ2) is 3.30. The predicted octanol–water partition coefficient (Wildman–Crippen LogP) is 1.11. The van der Waals surface area contributed by atoms with E-state index in [9.17, 15) is 9.18 Å². The first-order valence-corrected chi connectivity index (χ1v) is 3.42. The third-order valence-electron chi connectivity index (χ3n) is 1.51. The third kappa shape index (κ3) is 1.69. The Hall–Kier alpha value is -1.78. The zero-order valence-electron chi connectivity index (χ0n) is 6.87. The van der Waals surface area contributed by atoms with Crippen molar-refractivity contribution in [3.63, 3.8) is 0 Å². The fraction of sp³-hybridized carbons (Fsp3) is 0.125. The number of anilines is 1. The second-order valence-corrected chi connectivity index (χ2v) is 2.39. The molecule has 0 aliphatic heterocycles. The first kappa shape index (κ1) is 9.31. The SMILES string of the molecule is COc1cc(N)cc(C(=O)O)c1F. The maximum atomic E-state index is 13.1. The van der Waals surface area contributed by atoms with Crippen LogP contribution in [0.1, 0.15) is 10.4 Å². The van der Waals surface area contributed by atoms with Gasteiger partial charge in [0.1, 0.15) is 5.56 Å². The monoisotopic (exact) mass is 185 g/mol. The van der Waals surface area contributed by atoms with Crippen molar-refractivity contribution in [3.05, 3.63) is 23.5 Å². The van der Waals surface area contributed by atoms with E-state index in [1.54, 1.807) is 0 Å². The quantitative estimate of drug-likeness (QED) is 0.677. The molecule has 0 aliphatic carbocycles. The molecule has 5 heteroatoms. The van der Waals surface area contributed by atoms with Crippen LogP contribution < -0.4 is 10.5 Å². The highest BCUT2D eigenvalue weighted by Crippen LogP contribution is 2.23. The summed E-state index contributed by atoms with van der Waals surface area (Å²) >= 11 is 0. The van der Waals surface area contributed by atoms with Gasteiger partial charge in [-0.05, 0) is 6.07 Å². The molecule has 0 aliphatic rings. The molecule has 3 N–H and O–H groups in total. The number of carboxylic acids is 1. The number of carbonyl (C=O) groups is 1.